The van der Waals surface area contributed by atoms with Crippen molar-refractivity contribution >= 4 is 57.5 Å². The topological polar surface area (TPSA) is 36.9 Å². The van der Waals surface area contributed by atoms with Crippen molar-refractivity contribution in [2.24, 2.45) is 0 Å². The van der Waals surface area contributed by atoms with Crippen LogP contribution in [0.4, 0.5) is 0 Å². The molecule has 6 heteroatoms. The van der Waals surface area contributed by atoms with E-state index in [9.17, 15) is 0 Å². The van der Waals surface area contributed by atoms with Crippen molar-refractivity contribution in [2.45, 2.75) is 77.8 Å². The van der Waals surface area contributed by atoms with Crippen molar-refractivity contribution < 1.29 is 18.6 Å². The number of hydrogen-bond acceptors (Lipinski definition) is 4. The molecule has 2 aliphatic rings. The first-order valence-electron chi connectivity index (χ1n) is 12.9. The molecule has 0 aliphatic carbocycles. The predicted octanol–water partition coefficient (Wildman–Crippen LogP) is 5.74. The number of rotatable bonds is 2. The van der Waals surface area contributed by atoms with E-state index in [1.165, 1.54) is 32.3 Å². The van der Waals surface area contributed by atoms with Gasteiger partial charge in [-0.2, -0.15) is 0 Å². The maximum Gasteiger partial charge on any atom is 0.494 e. The zero-order valence-electron chi connectivity index (χ0n) is 22.6. The van der Waals surface area contributed by atoms with Gasteiger partial charge in [0.1, 0.15) is 0 Å². The van der Waals surface area contributed by atoms with Gasteiger partial charge in [0.05, 0.1) is 22.4 Å². The predicted molar refractivity (Wildman–Crippen MR) is 150 cm³/mol. The van der Waals surface area contributed by atoms with Crippen LogP contribution in [0.2, 0.25) is 0 Å². The van der Waals surface area contributed by atoms with Crippen LogP contribution in [0.25, 0.3) is 32.3 Å². The third kappa shape index (κ3) is 3.69. The lowest BCUT2D eigenvalue weighted by Gasteiger charge is -2.32. The molecular weight excluding hydrogens is 446 g/mol. The molecule has 0 N–H and O–H groups in total. The van der Waals surface area contributed by atoms with Gasteiger partial charge in [-0.25, -0.2) is 0 Å². The van der Waals surface area contributed by atoms with Gasteiger partial charge in [0.15, 0.2) is 0 Å². The molecule has 4 nitrogen and oxygen atoms in total. The lowest BCUT2D eigenvalue weighted by Crippen LogP contribution is -2.41. The smallest absolute Gasteiger partial charge is 0.399 e. The highest BCUT2D eigenvalue weighted by molar-refractivity contribution is 6.63. The first kappa shape index (κ1) is 24.0. The Morgan fingerprint density at radius 1 is 0.389 bits per heavy atom. The first-order valence-corrected chi connectivity index (χ1v) is 12.9. The maximum absolute atomic E-state index is 6.28. The van der Waals surface area contributed by atoms with Crippen LogP contribution in [0.1, 0.15) is 55.4 Å². The second kappa shape index (κ2) is 7.58. The van der Waals surface area contributed by atoms with E-state index in [0.29, 0.717) is 0 Å². The molecule has 0 bridgehead atoms. The minimum absolute atomic E-state index is 0.353. The molecule has 0 saturated carbocycles. The van der Waals surface area contributed by atoms with E-state index in [1.807, 2.05) is 0 Å². The standard InChI is InChI=1S/C30H34B2O4/c1-27(2)28(3,4)34-31(33-27)25-11-9-19-13-22-16-24-18-26(32-35-29(5,6)30(7,8)36-32)12-10-20(24)14-21(22)15-23(19)17-25/h9-18H,1-8H3. The van der Waals surface area contributed by atoms with Gasteiger partial charge in [-0.1, -0.05) is 36.4 Å². The minimum atomic E-state index is -0.361. The molecule has 2 aliphatic heterocycles. The van der Waals surface area contributed by atoms with Crippen LogP contribution >= 0.6 is 0 Å². The van der Waals surface area contributed by atoms with Crippen LogP contribution in [0.5, 0.6) is 0 Å². The number of hydrogen-bond donors (Lipinski definition) is 0. The van der Waals surface area contributed by atoms with E-state index in [2.05, 4.69) is 116 Å². The van der Waals surface area contributed by atoms with Crippen LogP contribution in [0.3, 0.4) is 0 Å². The quantitative estimate of drug-likeness (QED) is 0.271. The molecule has 0 radical (unpaired) electrons. The molecule has 2 fully saturated rings. The first-order chi connectivity index (χ1) is 16.7. The zero-order chi connectivity index (χ0) is 25.7. The molecule has 0 spiro atoms. The highest BCUT2D eigenvalue weighted by atomic mass is 16.7. The van der Waals surface area contributed by atoms with Gasteiger partial charge in [-0.15, -0.1) is 0 Å². The molecule has 184 valence electrons. The van der Waals surface area contributed by atoms with Crippen LogP contribution in [0, 0.1) is 0 Å². The van der Waals surface area contributed by atoms with Crippen LogP contribution in [0.15, 0.2) is 60.7 Å². The maximum atomic E-state index is 6.28. The van der Waals surface area contributed by atoms with E-state index < -0.39 is 0 Å². The molecule has 0 amide bonds. The summed E-state index contributed by atoms with van der Waals surface area (Å²) >= 11 is 0. The Hall–Kier alpha value is -2.37. The van der Waals surface area contributed by atoms with Crippen molar-refractivity contribution in [1.29, 1.82) is 0 Å². The van der Waals surface area contributed by atoms with E-state index in [-0.39, 0.29) is 36.6 Å². The number of fused-ring (bicyclic) bond motifs is 3. The molecule has 4 aromatic carbocycles. The fourth-order valence-electron chi connectivity index (χ4n) is 5.04. The summed E-state index contributed by atoms with van der Waals surface area (Å²) in [6.07, 6.45) is 0. The Balaban J connectivity index is 1.37. The number of benzene rings is 4. The molecule has 0 aromatic heterocycles. The van der Waals surface area contributed by atoms with Gasteiger partial charge in [0.2, 0.25) is 0 Å². The van der Waals surface area contributed by atoms with E-state index in [4.69, 9.17) is 18.6 Å². The Morgan fingerprint density at radius 3 is 1.00 bits per heavy atom. The SMILES string of the molecule is CC1(C)OB(c2ccc3cc4cc5cc(B6OC(C)(C)C(C)(C)O6)ccc5cc4cc3c2)OC1(C)C. The van der Waals surface area contributed by atoms with Crippen LogP contribution in [-0.4, -0.2) is 36.6 Å². The average molecular weight is 480 g/mol. The lowest BCUT2D eigenvalue weighted by molar-refractivity contribution is 0.00578. The summed E-state index contributed by atoms with van der Waals surface area (Å²) in [5.41, 5.74) is 0.686. The second-order valence-electron chi connectivity index (χ2n) is 12.4. The third-order valence-electron chi connectivity index (χ3n) is 8.85. The molecule has 4 aromatic rings. The fraction of sp³-hybridized carbons (Fsp3) is 0.400. The molecule has 36 heavy (non-hydrogen) atoms. The Morgan fingerprint density at radius 2 is 0.667 bits per heavy atom. The van der Waals surface area contributed by atoms with Crippen LogP contribution in [-0.2, 0) is 18.6 Å². The van der Waals surface area contributed by atoms with Gasteiger partial charge < -0.3 is 18.6 Å². The van der Waals surface area contributed by atoms with Gasteiger partial charge >= 0.3 is 14.2 Å². The Labute approximate surface area is 214 Å². The highest BCUT2D eigenvalue weighted by Gasteiger charge is 2.52. The largest absolute Gasteiger partial charge is 0.494 e. The summed E-state index contributed by atoms with van der Waals surface area (Å²) in [4.78, 5) is 0. The van der Waals surface area contributed by atoms with Gasteiger partial charge in [-0.3, -0.25) is 0 Å². The Kier molecular flexibility index (Phi) is 5.05. The van der Waals surface area contributed by atoms with E-state index >= 15 is 0 Å². The van der Waals surface area contributed by atoms with Crippen molar-refractivity contribution in [3.05, 3.63) is 60.7 Å². The molecule has 2 heterocycles. The minimum Gasteiger partial charge on any atom is -0.399 e. The monoisotopic (exact) mass is 480 g/mol. The molecule has 6 rings (SSSR count). The van der Waals surface area contributed by atoms with Crippen molar-refractivity contribution in [2.75, 3.05) is 0 Å². The molecule has 2 saturated heterocycles. The second-order valence-corrected chi connectivity index (χ2v) is 12.4. The summed E-state index contributed by atoms with van der Waals surface area (Å²) in [5, 5.41) is 7.19. The van der Waals surface area contributed by atoms with Gasteiger partial charge in [0, 0.05) is 0 Å². The van der Waals surface area contributed by atoms with Crippen molar-refractivity contribution in [1.82, 2.24) is 0 Å². The summed E-state index contributed by atoms with van der Waals surface area (Å²) < 4.78 is 25.1. The van der Waals surface area contributed by atoms with Gasteiger partial charge in [-0.05, 0) is 123 Å². The van der Waals surface area contributed by atoms with Crippen LogP contribution < -0.4 is 10.9 Å². The summed E-state index contributed by atoms with van der Waals surface area (Å²) in [6, 6.07) is 22.0. The summed E-state index contributed by atoms with van der Waals surface area (Å²) in [6.45, 7) is 16.7. The Bertz CT molecular complexity index is 1380. The summed E-state index contributed by atoms with van der Waals surface area (Å²) in [5.74, 6) is 0. The van der Waals surface area contributed by atoms with E-state index in [0.717, 1.165) is 10.9 Å². The molecule has 0 atom stereocenters. The third-order valence-corrected chi connectivity index (χ3v) is 8.85. The average Bonchev–Trinajstić information content (AvgIpc) is 3.15. The van der Waals surface area contributed by atoms with E-state index in [1.54, 1.807) is 0 Å². The van der Waals surface area contributed by atoms with Crippen molar-refractivity contribution in [3.63, 3.8) is 0 Å². The van der Waals surface area contributed by atoms with Crippen molar-refractivity contribution in [3.8, 4) is 0 Å². The normalized spacial score (nSPS) is 22.2. The fourth-order valence-corrected chi connectivity index (χ4v) is 5.04. The molecular formula is C30H34B2O4. The lowest BCUT2D eigenvalue weighted by atomic mass is 9.77. The molecule has 0 unspecified atom stereocenters. The zero-order valence-corrected chi connectivity index (χ0v) is 22.6. The summed E-state index contributed by atoms with van der Waals surface area (Å²) in [7, 11) is -0.722. The highest BCUT2D eigenvalue weighted by Crippen LogP contribution is 2.38. The van der Waals surface area contributed by atoms with Gasteiger partial charge in [0.25, 0.3) is 0 Å².